The first-order valence-electron chi connectivity index (χ1n) is 8.68. The maximum absolute atomic E-state index is 12.9. The van der Waals surface area contributed by atoms with Gasteiger partial charge in [0.2, 0.25) is 5.91 Å². The van der Waals surface area contributed by atoms with E-state index in [1.165, 1.54) is 11.1 Å². The van der Waals surface area contributed by atoms with Crippen LogP contribution in [0.15, 0.2) is 48.5 Å². The molecule has 0 unspecified atom stereocenters. The molecule has 1 saturated heterocycles. The van der Waals surface area contributed by atoms with E-state index in [4.69, 9.17) is 5.73 Å². The van der Waals surface area contributed by atoms with Crippen molar-refractivity contribution in [2.24, 2.45) is 11.7 Å². The van der Waals surface area contributed by atoms with Gasteiger partial charge in [0.1, 0.15) is 0 Å². The van der Waals surface area contributed by atoms with Crippen molar-refractivity contribution in [3.8, 4) is 11.1 Å². The van der Waals surface area contributed by atoms with E-state index in [9.17, 15) is 9.59 Å². The van der Waals surface area contributed by atoms with Gasteiger partial charge >= 0.3 is 6.03 Å². The molecule has 2 aromatic carbocycles. The molecule has 2 aromatic rings. The second kappa shape index (κ2) is 6.24. The molecule has 2 aliphatic rings. The van der Waals surface area contributed by atoms with Crippen LogP contribution in [0.1, 0.15) is 30.0 Å². The van der Waals surface area contributed by atoms with Gasteiger partial charge in [0.15, 0.2) is 0 Å². The molecule has 0 aromatic heterocycles. The smallest absolute Gasteiger partial charge is 0.314 e. The van der Waals surface area contributed by atoms with E-state index in [1.807, 2.05) is 24.3 Å². The first kappa shape index (κ1) is 15.7. The average Bonchev–Trinajstić information content (AvgIpc) is 2.96. The van der Waals surface area contributed by atoms with Gasteiger partial charge in [-0.3, -0.25) is 4.79 Å². The average molecular weight is 335 g/mol. The van der Waals surface area contributed by atoms with Crippen LogP contribution in [0.3, 0.4) is 0 Å². The highest BCUT2D eigenvalue weighted by Gasteiger charge is 2.33. The molecule has 1 aliphatic heterocycles. The molecule has 0 spiro atoms. The third kappa shape index (κ3) is 2.76. The van der Waals surface area contributed by atoms with Gasteiger partial charge in [0, 0.05) is 13.1 Å². The van der Waals surface area contributed by atoms with Crippen LogP contribution in [0.5, 0.6) is 0 Å². The minimum atomic E-state index is -0.450. The van der Waals surface area contributed by atoms with Crippen LogP contribution in [0.25, 0.3) is 11.1 Å². The quantitative estimate of drug-likeness (QED) is 0.885. The molecule has 0 radical (unpaired) electrons. The Morgan fingerprint density at radius 3 is 2.20 bits per heavy atom. The van der Waals surface area contributed by atoms with Crippen LogP contribution in [0, 0.1) is 5.92 Å². The number of carbonyl (C=O) groups excluding carboxylic acids is 2. The minimum absolute atomic E-state index is 0.0116. The van der Waals surface area contributed by atoms with Gasteiger partial charge in [-0.25, -0.2) is 4.79 Å². The first-order chi connectivity index (χ1) is 12.1. The number of carbonyl (C=O) groups is 2. The maximum atomic E-state index is 12.9. The summed E-state index contributed by atoms with van der Waals surface area (Å²) >= 11 is 0. The van der Waals surface area contributed by atoms with E-state index in [2.05, 4.69) is 29.6 Å². The van der Waals surface area contributed by atoms with Crippen LogP contribution in [-0.2, 0) is 4.79 Å². The molecule has 4 rings (SSSR count). The molecule has 5 heteroatoms. The third-order valence-corrected chi connectivity index (χ3v) is 5.22. The fourth-order valence-corrected chi connectivity index (χ4v) is 3.96. The molecule has 0 bridgehead atoms. The van der Waals surface area contributed by atoms with Gasteiger partial charge < -0.3 is 16.0 Å². The molecular weight excluding hydrogens is 314 g/mol. The Morgan fingerprint density at radius 2 is 1.60 bits per heavy atom. The van der Waals surface area contributed by atoms with E-state index >= 15 is 0 Å². The number of nitrogens with two attached hydrogens (primary N) is 1. The molecule has 3 amide bonds. The normalized spacial score (nSPS) is 19.2. The highest BCUT2D eigenvalue weighted by molar-refractivity contribution is 5.85. The number of benzene rings is 2. The molecule has 3 N–H and O–H groups in total. The van der Waals surface area contributed by atoms with Crippen molar-refractivity contribution in [2.75, 3.05) is 13.1 Å². The Bertz CT molecular complexity index is 788. The number of fused-ring (bicyclic) bond motifs is 3. The largest absolute Gasteiger partial charge is 0.351 e. The highest BCUT2D eigenvalue weighted by atomic mass is 16.2. The summed E-state index contributed by atoms with van der Waals surface area (Å²) < 4.78 is 0. The highest BCUT2D eigenvalue weighted by Crippen LogP contribution is 2.43. The zero-order valence-corrected chi connectivity index (χ0v) is 13.9. The Kier molecular flexibility index (Phi) is 3.92. The molecule has 5 nitrogen and oxygen atoms in total. The van der Waals surface area contributed by atoms with E-state index in [1.54, 1.807) is 4.90 Å². The molecular formula is C20H21N3O2. The zero-order valence-electron chi connectivity index (χ0n) is 13.9. The number of urea groups is 1. The van der Waals surface area contributed by atoms with Crippen LogP contribution in [0.2, 0.25) is 0 Å². The number of hydrogen-bond acceptors (Lipinski definition) is 2. The summed E-state index contributed by atoms with van der Waals surface area (Å²) in [7, 11) is 0. The monoisotopic (exact) mass is 335 g/mol. The summed E-state index contributed by atoms with van der Waals surface area (Å²) in [5.41, 5.74) is 9.97. The lowest BCUT2D eigenvalue weighted by molar-refractivity contribution is -0.126. The number of amides is 3. The van der Waals surface area contributed by atoms with Gasteiger partial charge in [-0.05, 0) is 35.1 Å². The van der Waals surface area contributed by atoms with Crippen LogP contribution >= 0.6 is 0 Å². The van der Waals surface area contributed by atoms with E-state index < -0.39 is 6.03 Å². The van der Waals surface area contributed by atoms with Crippen LogP contribution in [0.4, 0.5) is 4.79 Å². The zero-order chi connectivity index (χ0) is 17.4. The van der Waals surface area contributed by atoms with Gasteiger partial charge in [-0.1, -0.05) is 48.5 Å². The SMILES string of the molecule is NC(=O)N1CCC[C@@H](C(=O)NC2c3ccccc3-c3ccccc32)C1. The number of piperidine rings is 1. The lowest BCUT2D eigenvalue weighted by Crippen LogP contribution is -2.47. The van der Waals surface area contributed by atoms with Gasteiger partial charge in [-0.2, -0.15) is 0 Å². The second-order valence-electron chi connectivity index (χ2n) is 6.74. The molecule has 1 atom stereocenters. The Balaban J connectivity index is 1.58. The Morgan fingerprint density at radius 1 is 1.00 bits per heavy atom. The van der Waals surface area contributed by atoms with Crippen LogP contribution in [-0.4, -0.2) is 29.9 Å². The first-order valence-corrected chi connectivity index (χ1v) is 8.68. The van der Waals surface area contributed by atoms with Crippen molar-refractivity contribution in [3.05, 3.63) is 59.7 Å². The van der Waals surface area contributed by atoms with Crippen molar-refractivity contribution in [2.45, 2.75) is 18.9 Å². The van der Waals surface area contributed by atoms with Crippen molar-refractivity contribution in [1.29, 1.82) is 0 Å². The predicted octanol–water partition coefficient (Wildman–Crippen LogP) is 2.66. The Hall–Kier alpha value is -2.82. The van der Waals surface area contributed by atoms with Crippen molar-refractivity contribution in [3.63, 3.8) is 0 Å². The molecule has 1 fully saturated rings. The van der Waals surface area contributed by atoms with Gasteiger partial charge in [0.25, 0.3) is 0 Å². The van der Waals surface area contributed by atoms with Gasteiger partial charge in [0.05, 0.1) is 12.0 Å². The number of nitrogens with one attached hydrogen (secondary N) is 1. The topological polar surface area (TPSA) is 75.4 Å². The van der Waals surface area contributed by atoms with Crippen LogP contribution < -0.4 is 11.1 Å². The van der Waals surface area contributed by atoms with Crippen molar-refractivity contribution < 1.29 is 9.59 Å². The predicted molar refractivity (Wildman–Crippen MR) is 95.7 cm³/mol. The minimum Gasteiger partial charge on any atom is -0.351 e. The summed E-state index contributed by atoms with van der Waals surface area (Å²) in [6.07, 6.45) is 1.59. The Labute approximate surface area is 146 Å². The summed E-state index contributed by atoms with van der Waals surface area (Å²) in [5.74, 6) is -0.219. The summed E-state index contributed by atoms with van der Waals surface area (Å²) in [6, 6.07) is 15.8. The van der Waals surface area contributed by atoms with Gasteiger partial charge in [-0.15, -0.1) is 0 Å². The molecule has 0 saturated carbocycles. The molecule has 25 heavy (non-hydrogen) atoms. The lowest BCUT2D eigenvalue weighted by Gasteiger charge is -2.31. The summed E-state index contributed by atoms with van der Waals surface area (Å²) in [6.45, 7) is 1.03. The fraction of sp³-hybridized carbons (Fsp3) is 0.300. The fourth-order valence-electron chi connectivity index (χ4n) is 3.96. The number of primary amides is 1. The number of likely N-dealkylation sites (tertiary alicyclic amines) is 1. The van der Waals surface area contributed by atoms with E-state index in [0.29, 0.717) is 13.1 Å². The number of rotatable bonds is 2. The summed E-state index contributed by atoms with van der Waals surface area (Å²) in [5, 5.41) is 3.20. The molecule has 1 heterocycles. The van der Waals surface area contributed by atoms with Crippen molar-refractivity contribution >= 4 is 11.9 Å². The lowest BCUT2D eigenvalue weighted by atomic mass is 9.96. The second-order valence-corrected chi connectivity index (χ2v) is 6.74. The van der Waals surface area contributed by atoms with E-state index in [-0.39, 0.29) is 17.9 Å². The third-order valence-electron chi connectivity index (χ3n) is 5.22. The number of nitrogens with zero attached hydrogens (tertiary/aromatic N) is 1. The molecule has 1 aliphatic carbocycles. The number of hydrogen-bond donors (Lipinski definition) is 2. The van der Waals surface area contributed by atoms with Crippen molar-refractivity contribution in [1.82, 2.24) is 10.2 Å². The standard InChI is InChI=1S/C20H21N3O2/c21-20(25)23-11-5-6-13(12-23)19(24)22-18-16-9-3-1-7-14(16)15-8-2-4-10-17(15)18/h1-4,7-10,13,18H,5-6,11-12H2,(H2,21,25)(H,22,24)/t13-/m1/s1. The maximum Gasteiger partial charge on any atom is 0.314 e. The molecule has 128 valence electrons. The van der Waals surface area contributed by atoms with E-state index in [0.717, 1.165) is 24.0 Å². The summed E-state index contributed by atoms with van der Waals surface area (Å²) in [4.78, 5) is 25.8.